The summed E-state index contributed by atoms with van der Waals surface area (Å²) in [6, 6.07) is 6.39. The maximum absolute atomic E-state index is 9.37. The Morgan fingerprint density at radius 1 is 1.15 bits per heavy atom. The van der Waals surface area contributed by atoms with Crippen molar-refractivity contribution in [1.82, 2.24) is 10.2 Å². The van der Waals surface area contributed by atoms with Gasteiger partial charge in [-0.15, -0.1) is 0 Å². The van der Waals surface area contributed by atoms with Crippen LogP contribution in [0.1, 0.15) is 18.0 Å². The van der Waals surface area contributed by atoms with Gasteiger partial charge in [0.15, 0.2) is 11.5 Å². The smallest absolute Gasteiger partial charge is 0.161 e. The van der Waals surface area contributed by atoms with Crippen molar-refractivity contribution in [3.63, 3.8) is 0 Å². The summed E-state index contributed by atoms with van der Waals surface area (Å²) in [5.74, 6) is 1.65. The molecule has 1 atom stereocenters. The second kappa shape index (κ2) is 6.43. The Kier molecular flexibility index (Phi) is 4.40. The molecule has 0 aliphatic carbocycles. The largest absolute Gasteiger partial charge is 0.486 e. The van der Waals surface area contributed by atoms with Crippen molar-refractivity contribution in [2.75, 3.05) is 46.0 Å². The van der Waals surface area contributed by atoms with E-state index in [9.17, 15) is 5.11 Å². The van der Waals surface area contributed by atoms with E-state index in [1.54, 1.807) is 0 Å². The van der Waals surface area contributed by atoms with E-state index in [0.29, 0.717) is 13.2 Å². The standard InChI is InChI=1S/C15H22N2O3/c18-8-3-13(17-6-4-16-5-7-17)12-1-2-14-15(11-12)20-10-9-19-14/h1-2,11,13,16,18H,3-10H2/t13-/m0/s1. The molecular weight excluding hydrogens is 256 g/mol. The number of nitrogens with one attached hydrogen (secondary N) is 1. The number of aliphatic hydroxyl groups is 1. The Bertz CT molecular complexity index is 447. The number of hydrogen-bond donors (Lipinski definition) is 2. The number of aliphatic hydroxyl groups excluding tert-OH is 1. The van der Waals surface area contributed by atoms with Crippen LogP contribution in [0.15, 0.2) is 18.2 Å². The predicted molar refractivity (Wildman–Crippen MR) is 76.3 cm³/mol. The van der Waals surface area contributed by atoms with E-state index in [1.165, 1.54) is 5.56 Å². The Morgan fingerprint density at radius 3 is 2.65 bits per heavy atom. The number of benzene rings is 1. The molecule has 0 spiro atoms. The van der Waals surface area contributed by atoms with Gasteiger partial charge < -0.3 is 19.9 Å². The third-order valence-corrected chi connectivity index (χ3v) is 3.95. The van der Waals surface area contributed by atoms with Crippen LogP contribution in [0.5, 0.6) is 11.5 Å². The van der Waals surface area contributed by atoms with Gasteiger partial charge >= 0.3 is 0 Å². The lowest BCUT2D eigenvalue weighted by Crippen LogP contribution is -2.45. The van der Waals surface area contributed by atoms with Crippen LogP contribution < -0.4 is 14.8 Å². The normalized spacial score (nSPS) is 20.6. The van der Waals surface area contributed by atoms with Gasteiger partial charge in [0, 0.05) is 38.8 Å². The molecule has 2 aliphatic heterocycles. The average Bonchev–Trinajstić information content (AvgIpc) is 2.53. The van der Waals surface area contributed by atoms with Crippen molar-refractivity contribution in [2.24, 2.45) is 0 Å². The second-order valence-corrected chi connectivity index (χ2v) is 5.22. The molecule has 2 aliphatic rings. The number of ether oxygens (including phenoxy) is 2. The van der Waals surface area contributed by atoms with Crippen molar-refractivity contribution in [3.8, 4) is 11.5 Å². The fourth-order valence-electron chi connectivity index (χ4n) is 2.94. The van der Waals surface area contributed by atoms with E-state index in [0.717, 1.165) is 44.1 Å². The Balaban J connectivity index is 1.82. The highest BCUT2D eigenvalue weighted by Crippen LogP contribution is 2.35. The minimum Gasteiger partial charge on any atom is -0.486 e. The summed E-state index contributed by atoms with van der Waals surface area (Å²) >= 11 is 0. The predicted octanol–water partition coefficient (Wildman–Crippen LogP) is 0.786. The van der Waals surface area contributed by atoms with Gasteiger partial charge in [-0.25, -0.2) is 0 Å². The molecule has 0 radical (unpaired) electrons. The fraction of sp³-hybridized carbons (Fsp3) is 0.600. The van der Waals surface area contributed by atoms with E-state index in [4.69, 9.17) is 9.47 Å². The number of piperazine rings is 1. The van der Waals surface area contributed by atoms with Gasteiger partial charge in [0.2, 0.25) is 0 Å². The Hall–Kier alpha value is -1.30. The molecule has 0 amide bonds. The summed E-state index contributed by atoms with van der Waals surface area (Å²) < 4.78 is 11.2. The van der Waals surface area contributed by atoms with Crippen LogP contribution in [0.4, 0.5) is 0 Å². The van der Waals surface area contributed by atoms with E-state index < -0.39 is 0 Å². The van der Waals surface area contributed by atoms with Gasteiger partial charge in [0.25, 0.3) is 0 Å². The van der Waals surface area contributed by atoms with Crippen molar-refractivity contribution in [3.05, 3.63) is 23.8 Å². The van der Waals surface area contributed by atoms with E-state index in [-0.39, 0.29) is 12.6 Å². The Labute approximate surface area is 119 Å². The topological polar surface area (TPSA) is 54.0 Å². The van der Waals surface area contributed by atoms with Crippen LogP contribution in [0.3, 0.4) is 0 Å². The minimum atomic E-state index is 0.197. The van der Waals surface area contributed by atoms with Crippen molar-refractivity contribution in [1.29, 1.82) is 0 Å². The van der Waals surface area contributed by atoms with Crippen molar-refractivity contribution in [2.45, 2.75) is 12.5 Å². The fourth-order valence-corrected chi connectivity index (χ4v) is 2.94. The quantitative estimate of drug-likeness (QED) is 0.853. The third kappa shape index (κ3) is 2.90. The van der Waals surface area contributed by atoms with Crippen LogP contribution in [-0.4, -0.2) is 56.0 Å². The second-order valence-electron chi connectivity index (χ2n) is 5.22. The average molecular weight is 278 g/mol. The van der Waals surface area contributed by atoms with Crippen LogP contribution in [-0.2, 0) is 0 Å². The zero-order valence-electron chi connectivity index (χ0n) is 11.7. The third-order valence-electron chi connectivity index (χ3n) is 3.95. The lowest BCUT2D eigenvalue weighted by Gasteiger charge is -2.35. The van der Waals surface area contributed by atoms with E-state index >= 15 is 0 Å². The minimum absolute atomic E-state index is 0.197. The summed E-state index contributed by atoms with van der Waals surface area (Å²) in [7, 11) is 0. The molecule has 20 heavy (non-hydrogen) atoms. The van der Waals surface area contributed by atoms with Gasteiger partial charge in [-0.1, -0.05) is 6.07 Å². The molecule has 5 nitrogen and oxygen atoms in total. The molecule has 1 fully saturated rings. The molecule has 110 valence electrons. The number of nitrogens with zero attached hydrogens (tertiary/aromatic N) is 1. The summed E-state index contributed by atoms with van der Waals surface area (Å²) in [4.78, 5) is 2.43. The molecule has 0 bridgehead atoms. The molecule has 5 heteroatoms. The maximum Gasteiger partial charge on any atom is 0.161 e. The number of fused-ring (bicyclic) bond motifs is 1. The molecule has 0 unspecified atom stereocenters. The van der Waals surface area contributed by atoms with Crippen molar-refractivity contribution >= 4 is 0 Å². The SMILES string of the molecule is OCC[C@@H](c1ccc2c(c1)OCCO2)N1CCNCC1. The Morgan fingerprint density at radius 2 is 1.90 bits per heavy atom. The zero-order chi connectivity index (χ0) is 13.8. The first kappa shape index (κ1) is 13.7. The molecule has 1 aromatic carbocycles. The van der Waals surface area contributed by atoms with Crippen LogP contribution in [0.2, 0.25) is 0 Å². The van der Waals surface area contributed by atoms with Crippen LogP contribution >= 0.6 is 0 Å². The van der Waals surface area contributed by atoms with E-state index in [1.807, 2.05) is 6.07 Å². The van der Waals surface area contributed by atoms with Gasteiger partial charge in [-0.05, 0) is 24.1 Å². The number of hydrogen-bond acceptors (Lipinski definition) is 5. The molecule has 2 heterocycles. The molecule has 3 rings (SSSR count). The molecular formula is C15H22N2O3. The highest BCUT2D eigenvalue weighted by atomic mass is 16.6. The molecule has 1 saturated heterocycles. The van der Waals surface area contributed by atoms with Crippen LogP contribution in [0, 0.1) is 0 Å². The number of rotatable bonds is 4. The van der Waals surface area contributed by atoms with Crippen LogP contribution in [0.25, 0.3) is 0 Å². The molecule has 2 N–H and O–H groups in total. The van der Waals surface area contributed by atoms with Gasteiger partial charge in [0.1, 0.15) is 13.2 Å². The lowest BCUT2D eigenvalue weighted by molar-refractivity contribution is 0.139. The first-order valence-electron chi connectivity index (χ1n) is 7.33. The van der Waals surface area contributed by atoms with Gasteiger partial charge in [-0.2, -0.15) is 0 Å². The van der Waals surface area contributed by atoms with Gasteiger partial charge in [0.05, 0.1) is 0 Å². The van der Waals surface area contributed by atoms with Gasteiger partial charge in [-0.3, -0.25) is 4.90 Å². The highest BCUT2D eigenvalue weighted by Gasteiger charge is 2.23. The lowest BCUT2D eigenvalue weighted by atomic mass is 10.0. The van der Waals surface area contributed by atoms with Crippen molar-refractivity contribution < 1.29 is 14.6 Å². The first-order valence-corrected chi connectivity index (χ1v) is 7.33. The summed E-state index contributed by atoms with van der Waals surface area (Å²) in [6.07, 6.45) is 0.750. The molecule has 1 aromatic rings. The summed E-state index contributed by atoms with van der Waals surface area (Å²) in [5.41, 5.74) is 1.20. The summed E-state index contributed by atoms with van der Waals surface area (Å²) in [6.45, 7) is 5.46. The zero-order valence-corrected chi connectivity index (χ0v) is 11.7. The van der Waals surface area contributed by atoms with E-state index in [2.05, 4.69) is 22.3 Å². The first-order chi connectivity index (χ1) is 9.88. The molecule has 0 aromatic heterocycles. The molecule has 0 saturated carbocycles. The maximum atomic E-state index is 9.37. The highest BCUT2D eigenvalue weighted by molar-refractivity contribution is 5.44. The summed E-state index contributed by atoms with van der Waals surface area (Å²) in [5, 5.41) is 12.7. The monoisotopic (exact) mass is 278 g/mol.